The number of Topliss-reactive ketones (excluding diaryl/α,β-unsaturated/α-hetero) is 1. The molecular weight excluding hydrogens is 698 g/mol. The Morgan fingerprint density at radius 3 is 1.92 bits per heavy atom. The Bertz CT molecular complexity index is 1740. The van der Waals surface area contributed by atoms with Crippen molar-refractivity contribution < 1.29 is 55.7 Å². The highest BCUT2D eigenvalue weighted by molar-refractivity contribution is 5.79. The molecule has 0 saturated carbocycles. The Morgan fingerprint density at radius 1 is 0.750 bits per heavy atom. The number of para-hydroxylation sites is 2. The molecule has 0 bridgehead atoms. The largest absolute Gasteiger partial charge is 0.490 e. The van der Waals surface area contributed by atoms with Crippen LogP contribution in [-0.2, 0) is 32.1 Å². The lowest BCUT2D eigenvalue weighted by Crippen LogP contribution is -2.30. The zero-order chi connectivity index (χ0) is 38.9. The van der Waals surface area contributed by atoms with Gasteiger partial charge in [0.2, 0.25) is 5.91 Å². The number of carboxylic acid groups (broad SMARTS) is 2. The van der Waals surface area contributed by atoms with Gasteiger partial charge in [0.1, 0.15) is 11.6 Å². The van der Waals surface area contributed by atoms with E-state index in [-0.39, 0.29) is 11.9 Å². The smallest absolute Gasteiger partial charge is 0.475 e. The number of ketones is 1. The molecule has 4 aromatic rings. The molecule has 0 aliphatic heterocycles. The van der Waals surface area contributed by atoms with E-state index in [9.17, 15) is 35.9 Å². The van der Waals surface area contributed by atoms with Crippen molar-refractivity contribution in [2.75, 3.05) is 0 Å². The third-order valence-corrected chi connectivity index (χ3v) is 7.47. The summed E-state index contributed by atoms with van der Waals surface area (Å²) in [4.78, 5) is 52.3. The monoisotopic (exact) mass is 738 g/mol. The fourth-order valence-corrected chi connectivity index (χ4v) is 4.86. The molecule has 2 aromatic heterocycles. The maximum atomic E-state index is 13.2. The van der Waals surface area contributed by atoms with Crippen LogP contribution in [0.1, 0.15) is 76.4 Å². The van der Waals surface area contributed by atoms with Crippen LogP contribution in [0.15, 0.2) is 72.8 Å². The van der Waals surface area contributed by atoms with Gasteiger partial charge >= 0.3 is 24.3 Å². The number of halogens is 6. The summed E-state index contributed by atoms with van der Waals surface area (Å²) in [7, 11) is 0. The molecule has 10 nitrogen and oxygen atoms in total. The second-order valence-electron chi connectivity index (χ2n) is 11.3. The Morgan fingerprint density at radius 2 is 1.35 bits per heavy atom. The number of aromatic nitrogens is 3. The van der Waals surface area contributed by atoms with Crippen LogP contribution in [0.2, 0.25) is 0 Å². The minimum Gasteiger partial charge on any atom is -0.475 e. The van der Waals surface area contributed by atoms with Crippen LogP contribution in [0.5, 0.6) is 0 Å². The van der Waals surface area contributed by atoms with Gasteiger partial charge in [-0.05, 0) is 37.1 Å². The summed E-state index contributed by atoms with van der Waals surface area (Å²) < 4.78 is 65.6. The van der Waals surface area contributed by atoms with Crippen LogP contribution in [0.25, 0.3) is 22.3 Å². The highest BCUT2D eigenvalue weighted by atomic mass is 19.4. The SMILES string of the molecule is CCC(=O)CCCCC[C@H](NC(=O)CCn1c(CC)nc2ccccc21)c1cccc(-c2ccccc2)n1.O=C(O)C(F)(F)F.O=C(O)C(F)(F)F. The van der Waals surface area contributed by atoms with Crippen molar-refractivity contribution in [3.8, 4) is 11.3 Å². The molecule has 4 rings (SSSR count). The van der Waals surface area contributed by atoms with Crippen LogP contribution < -0.4 is 5.32 Å². The van der Waals surface area contributed by atoms with E-state index in [0.29, 0.717) is 31.6 Å². The molecule has 1 amide bonds. The number of hydrogen-bond donors (Lipinski definition) is 3. The van der Waals surface area contributed by atoms with Crippen molar-refractivity contribution in [2.24, 2.45) is 0 Å². The van der Waals surface area contributed by atoms with E-state index in [2.05, 4.69) is 22.9 Å². The molecule has 52 heavy (non-hydrogen) atoms. The number of nitrogens with zero attached hydrogens (tertiary/aromatic N) is 3. The number of benzene rings is 2. The van der Waals surface area contributed by atoms with E-state index in [0.717, 1.165) is 65.9 Å². The number of aryl methyl sites for hydroxylation is 2. The Balaban J connectivity index is 0.000000564. The molecule has 1 atom stereocenters. The fourth-order valence-electron chi connectivity index (χ4n) is 4.86. The number of aliphatic carboxylic acids is 2. The Kier molecular flexibility index (Phi) is 16.9. The third kappa shape index (κ3) is 14.5. The number of carbonyl (C=O) groups is 4. The van der Waals surface area contributed by atoms with Crippen LogP contribution in [0.4, 0.5) is 26.3 Å². The van der Waals surface area contributed by atoms with Gasteiger partial charge in [0, 0.05) is 37.8 Å². The first-order valence-electron chi connectivity index (χ1n) is 16.4. The summed E-state index contributed by atoms with van der Waals surface area (Å²) in [6, 6.07) is 24.0. The molecule has 0 unspecified atom stereocenters. The molecule has 2 aromatic carbocycles. The average Bonchev–Trinajstić information content (AvgIpc) is 3.47. The molecule has 3 N–H and O–H groups in total. The molecule has 0 fully saturated rings. The van der Waals surface area contributed by atoms with Crippen molar-refractivity contribution in [1.29, 1.82) is 0 Å². The topological polar surface area (TPSA) is 151 Å². The maximum Gasteiger partial charge on any atom is 0.490 e. The van der Waals surface area contributed by atoms with Crippen molar-refractivity contribution in [3.05, 3.63) is 84.3 Å². The van der Waals surface area contributed by atoms with Gasteiger partial charge in [-0.3, -0.25) is 14.6 Å². The van der Waals surface area contributed by atoms with E-state index in [4.69, 9.17) is 29.8 Å². The molecule has 0 saturated heterocycles. The van der Waals surface area contributed by atoms with Gasteiger partial charge in [0.15, 0.2) is 0 Å². The number of carboxylic acids is 2. The van der Waals surface area contributed by atoms with Crippen molar-refractivity contribution in [1.82, 2.24) is 19.9 Å². The highest BCUT2D eigenvalue weighted by Gasteiger charge is 2.38. The number of unbranched alkanes of at least 4 members (excludes halogenated alkanes) is 2. The van der Waals surface area contributed by atoms with E-state index in [1.165, 1.54) is 0 Å². The van der Waals surface area contributed by atoms with Gasteiger partial charge in [-0.15, -0.1) is 0 Å². The number of amides is 1. The number of pyridine rings is 1. The highest BCUT2D eigenvalue weighted by Crippen LogP contribution is 2.24. The number of alkyl halides is 6. The normalized spacial score (nSPS) is 11.8. The van der Waals surface area contributed by atoms with Gasteiger partial charge < -0.3 is 20.1 Å². The summed E-state index contributed by atoms with van der Waals surface area (Å²) in [5, 5.41) is 17.5. The maximum absolute atomic E-state index is 13.2. The zero-order valence-corrected chi connectivity index (χ0v) is 28.5. The minimum atomic E-state index is -5.08. The fraction of sp³-hybridized carbons (Fsp3) is 0.389. The first-order chi connectivity index (χ1) is 24.5. The van der Waals surface area contributed by atoms with Crippen molar-refractivity contribution in [3.63, 3.8) is 0 Å². The first-order valence-corrected chi connectivity index (χ1v) is 16.4. The number of fused-ring (bicyclic) bond motifs is 1. The number of imidazole rings is 1. The van der Waals surface area contributed by atoms with E-state index < -0.39 is 24.3 Å². The molecule has 2 heterocycles. The summed E-state index contributed by atoms with van der Waals surface area (Å²) >= 11 is 0. The number of carbonyl (C=O) groups excluding carboxylic acids is 2. The minimum absolute atomic E-state index is 0.00269. The Labute approximate surface area is 295 Å². The van der Waals surface area contributed by atoms with E-state index in [1.54, 1.807) is 0 Å². The molecule has 0 spiro atoms. The number of hydrogen-bond acceptors (Lipinski definition) is 6. The summed E-state index contributed by atoms with van der Waals surface area (Å²) in [5.74, 6) is -4.21. The van der Waals surface area contributed by atoms with Gasteiger partial charge in [0.05, 0.1) is 28.5 Å². The van der Waals surface area contributed by atoms with Gasteiger partial charge in [-0.2, -0.15) is 26.3 Å². The van der Waals surface area contributed by atoms with E-state index in [1.807, 2.05) is 73.7 Å². The van der Waals surface area contributed by atoms with Crippen LogP contribution in [0, 0.1) is 0 Å². The second kappa shape index (κ2) is 20.5. The predicted octanol–water partition coefficient (Wildman–Crippen LogP) is 8.10. The summed E-state index contributed by atoms with van der Waals surface area (Å²) in [6.07, 6.45) is -4.20. The standard InChI is InChI=1S/C32H38N4O2.2C2HF3O2/c1-3-25(37)16-9-6-10-17-28(27-20-13-19-26(33-27)24-14-7-5-8-15-24)35-32(38)22-23-36-30-21-12-11-18-29(30)34-31(36)4-2;2*3-2(4,5)1(6)7/h5,7-8,11-15,18-21,28H,3-4,6,9-10,16-17,22-23H2,1-2H3,(H,35,38);2*(H,6,7)/t28-;;/m0../s1. The molecule has 0 aliphatic carbocycles. The van der Waals surface area contributed by atoms with Crippen molar-refractivity contribution in [2.45, 2.75) is 90.2 Å². The van der Waals surface area contributed by atoms with Crippen LogP contribution in [0.3, 0.4) is 0 Å². The Hall–Kier alpha value is -5.28. The number of nitrogens with one attached hydrogen (secondary N) is 1. The third-order valence-electron chi connectivity index (χ3n) is 7.47. The van der Waals surface area contributed by atoms with Crippen LogP contribution in [-0.4, -0.2) is 60.7 Å². The quantitative estimate of drug-likeness (QED) is 0.0867. The zero-order valence-electron chi connectivity index (χ0n) is 28.5. The lowest BCUT2D eigenvalue weighted by atomic mass is 10.0. The number of rotatable bonds is 14. The summed E-state index contributed by atoms with van der Waals surface area (Å²) in [5.41, 5.74) is 4.84. The van der Waals surface area contributed by atoms with Gasteiger partial charge in [0.25, 0.3) is 0 Å². The average molecular weight is 739 g/mol. The van der Waals surface area contributed by atoms with Crippen LogP contribution >= 0.6 is 0 Å². The van der Waals surface area contributed by atoms with Gasteiger partial charge in [-0.1, -0.05) is 75.2 Å². The summed E-state index contributed by atoms with van der Waals surface area (Å²) in [6.45, 7) is 4.58. The first kappa shape index (κ1) is 42.9. The van der Waals surface area contributed by atoms with E-state index >= 15 is 0 Å². The molecular formula is C36H40F6N4O6. The molecule has 16 heteroatoms. The van der Waals surface area contributed by atoms with Crippen molar-refractivity contribution >= 4 is 34.7 Å². The lowest BCUT2D eigenvalue weighted by Gasteiger charge is -2.20. The second-order valence-corrected chi connectivity index (χ2v) is 11.3. The predicted molar refractivity (Wildman–Crippen MR) is 180 cm³/mol. The molecule has 0 aliphatic rings. The lowest BCUT2D eigenvalue weighted by molar-refractivity contribution is -0.193. The molecule has 282 valence electrons. The van der Waals surface area contributed by atoms with Gasteiger partial charge in [-0.25, -0.2) is 14.6 Å². The molecule has 0 radical (unpaired) electrons.